The van der Waals surface area contributed by atoms with Gasteiger partial charge in [0.2, 0.25) is 29.5 Å². The minimum absolute atomic E-state index is 0.0146. The van der Waals surface area contributed by atoms with E-state index in [1.807, 2.05) is 0 Å². The highest BCUT2D eigenvalue weighted by Crippen LogP contribution is 2.35. The highest BCUT2D eigenvalue weighted by Gasteiger charge is 2.54. The molecule has 574 valence electrons. The molecule has 2 unspecified atom stereocenters. The van der Waals surface area contributed by atoms with Crippen LogP contribution in [0.2, 0.25) is 0 Å². The Morgan fingerprint density at radius 1 is 0.718 bits per heavy atom. The lowest BCUT2D eigenvalue weighted by Gasteiger charge is -2.47. The normalized spacial score (nSPS) is 23.1. The number of nitrogens with zero attached hydrogens (tertiary/aromatic N) is 5. The first kappa shape index (κ1) is 84.2. The zero-order chi connectivity index (χ0) is 75.8. The number of ether oxygens (including phenoxy) is 5. The van der Waals surface area contributed by atoms with E-state index in [1.54, 1.807) is 10.8 Å². The molecule has 2 fully saturated rings. The number of thiazole rings is 2. The number of nitrogen functional groups attached to an aromatic ring is 1. The van der Waals surface area contributed by atoms with Crippen molar-refractivity contribution in [1.29, 1.82) is 0 Å². The van der Waals surface area contributed by atoms with E-state index in [0.29, 0.717) is 28.8 Å². The van der Waals surface area contributed by atoms with Crippen molar-refractivity contribution in [2.45, 2.75) is 176 Å². The predicted molar refractivity (Wildman–Crippen MR) is 363 cm³/mol. The second-order valence-corrected chi connectivity index (χ2v) is 26.3. The Bertz CT molecular complexity index is 3400. The van der Waals surface area contributed by atoms with Crippen LogP contribution in [0.15, 0.2) is 23.3 Å². The molecule has 2 aliphatic heterocycles. The third-order valence-corrected chi connectivity index (χ3v) is 18.4. The summed E-state index contributed by atoms with van der Waals surface area (Å²) in [6.45, 7) is 7.22. The SMILES string of the molecule is Cc1c(N)nc([C@H](CC(N)=O)NCC(N)C(N)=O)nc1C(=O)N[C@H](C(=O)N[C@@H](C)[C@H](O)[C@@H](C)C(=O)N[C@@H](C(=O)NCCc1nc(-c2nc(C(=O)NCCCNCCCCNCCCN)cs2)cs1)[C@H](C)O)[C@@H](OC1O[C@H](CO)[C@H](O)[C@@H](O)[C@H]1O[C@@H]1O[C@@H](CO)[C@H](O)[C@@H](OC(N)=O)[C@H]1O)c1cnc[nH]1. The molecule has 6 rings (SSSR count). The van der Waals surface area contributed by atoms with Gasteiger partial charge in [0.05, 0.1) is 72.7 Å². The van der Waals surface area contributed by atoms with E-state index in [-0.39, 0.29) is 54.0 Å². The molecule has 0 radical (unpaired) electrons. The molecular weight excluding hydrogens is 1400 g/mol. The fourth-order valence-electron chi connectivity index (χ4n) is 10.6. The summed E-state index contributed by atoms with van der Waals surface area (Å²) in [6.07, 6.45) is -21.4. The molecule has 4 aromatic heterocycles. The molecule has 0 bridgehead atoms. The summed E-state index contributed by atoms with van der Waals surface area (Å²) in [5.41, 5.74) is 33.6. The molecule has 4 aromatic rings. The zero-order valence-corrected chi connectivity index (χ0v) is 58.6. The van der Waals surface area contributed by atoms with Gasteiger partial charge in [-0.2, -0.15) is 0 Å². The molecule has 0 saturated carbocycles. The second-order valence-electron chi connectivity index (χ2n) is 24.5. The molecule has 2 aliphatic rings. The smallest absolute Gasteiger partial charge is 0.404 e. The lowest BCUT2D eigenvalue weighted by Crippen LogP contribution is -2.65. The fourth-order valence-corrected chi connectivity index (χ4v) is 12.2. The number of rotatable bonds is 43. The molecule has 29 N–H and O–H groups in total. The number of aromatic nitrogens is 6. The quantitative estimate of drug-likeness (QED) is 0.0183. The van der Waals surface area contributed by atoms with Crippen molar-refractivity contribution in [3.05, 3.63) is 56.8 Å². The third-order valence-electron chi connectivity index (χ3n) is 16.6. The molecule has 8 amide bonds. The van der Waals surface area contributed by atoms with E-state index in [2.05, 4.69) is 72.4 Å². The average Bonchev–Trinajstić information content (AvgIpc) is 1.26. The highest BCUT2D eigenvalue weighted by atomic mass is 32.1. The topological polar surface area (TPSA) is 677 Å². The van der Waals surface area contributed by atoms with Gasteiger partial charge in [-0.25, -0.2) is 29.7 Å². The van der Waals surface area contributed by atoms with Gasteiger partial charge in [0.1, 0.15) is 94.6 Å². The Labute approximate surface area is 598 Å². The minimum atomic E-state index is -2.20. The van der Waals surface area contributed by atoms with Gasteiger partial charge in [-0.1, -0.05) is 6.92 Å². The van der Waals surface area contributed by atoms with Crippen LogP contribution in [-0.4, -0.2) is 282 Å². The van der Waals surface area contributed by atoms with Crippen LogP contribution in [0.5, 0.6) is 0 Å². The van der Waals surface area contributed by atoms with Crippen molar-refractivity contribution in [1.82, 2.24) is 72.4 Å². The largest absolute Gasteiger partial charge is 0.441 e. The number of aliphatic hydroxyl groups is 8. The Morgan fingerprint density at radius 2 is 1.39 bits per heavy atom. The summed E-state index contributed by atoms with van der Waals surface area (Å²) in [7, 11) is 0. The van der Waals surface area contributed by atoms with Crippen LogP contribution in [0, 0.1) is 12.8 Å². The van der Waals surface area contributed by atoms with Crippen molar-refractivity contribution in [3.8, 4) is 10.7 Å². The number of nitrogens with two attached hydrogens (primary N) is 6. The molecule has 19 atom stereocenters. The Balaban J connectivity index is 1.19. The van der Waals surface area contributed by atoms with Crippen LogP contribution < -0.4 is 76.9 Å². The van der Waals surface area contributed by atoms with E-state index < -0.39 is 183 Å². The number of unbranched alkanes of at least 4 members (excludes halogenated alkanes) is 1. The van der Waals surface area contributed by atoms with Gasteiger partial charge in [-0.3, -0.25) is 33.6 Å². The maximum atomic E-state index is 15.2. The standard InChI is InChI=1S/C60H96N20O21S2/c1-25-38(77-51(80-49(25)64)30(17-36(63)84)72-18-29(62)50(65)90)55(94)79-40(46(31-19-69-24-73-31)99-59-48(44(88)42(86)34(20-81)98-59)100-58-45(89)47(101-60(66)96)43(87)35(21-82)97-58)56(95)74-27(3)41(85)26(2)52(91)78-39(28(4)83)54(93)71-16-9-37-75-33(23-102-37)57-76-32(22-103-57)53(92)70-15-8-14-68-12-6-5-11-67-13-7-10-61/h19,22-24,26-30,34-35,39-48,58-59,67-68,72,81-83,85-89H,5-18,20-21,61-62H2,1-4H3,(H2,63,84)(H2,65,90)(H2,66,96)(H,69,73)(H,70,92)(H,71,93)(H,74,95)(H,78,91)(H,79,94)(H2,64,77,80)/t26-,27+,28+,29?,30+,34-,35+,39-,40+,41-,42+,43+,44-,45-,46+,47-,48-,58+,59?/m1/s1. The van der Waals surface area contributed by atoms with Crippen LogP contribution in [0.25, 0.3) is 10.7 Å². The number of nitrogens with one attached hydrogen (secondary N) is 9. The molecule has 103 heavy (non-hydrogen) atoms. The summed E-state index contributed by atoms with van der Waals surface area (Å²) >= 11 is 2.51. The number of carbonyl (C=O) groups is 8. The first-order valence-corrected chi connectivity index (χ1v) is 34.8. The fraction of sp³-hybridized carbons (Fsp3) is 0.650. The lowest BCUT2D eigenvalue weighted by atomic mass is 9.96. The first-order valence-electron chi connectivity index (χ1n) is 33.1. The van der Waals surface area contributed by atoms with Crippen molar-refractivity contribution in [3.63, 3.8) is 0 Å². The minimum Gasteiger partial charge on any atom is -0.441 e. The van der Waals surface area contributed by atoms with E-state index in [1.165, 1.54) is 50.4 Å². The van der Waals surface area contributed by atoms with Crippen molar-refractivity contribution >= 4 is 75.9 Å². The molecule has 2 saturated heterocycles. The van der Waals surface area contributed by atoms with Gasteiger partial charge in [-0.15, -0.1) is 22.7 Å². The van der Waals surface area contributed by atoms with Gasteiger partial charge in [-0.05, 0) is 79.2 Å². The number of aromatic amines is 1. The zero-order valence-electron chi connectivity index (χ0n) is 57.0. The van der Waals surface area contributed by atoms with Crippen molar-refractivity contribution < 1.29 is 103 Å². The summed E-state index contributed by atoms with van der Waals surface area (Å²) in [5.74, 6) is -8.73. The number of aliphatic hydroxyl groups excluding tert-OH is 8. The third kappa shape index (κ3) is 24.1. The van der Waals surface area contributed by atoms with Gasteiger partial charge in [0.25, 0.3) is 11.8 Å². The molecule has 0 spiro atoms. The number of H-pyrrole nitrogens is 1. The van der Waals surface area contributed by atoms with Gasteiger partial charge in [0, 0.05) is 48.8 Å². The summed E-state index contributed by atoms with van der Waals surface area (Å²) < 4.78 is 28.8. The van der Waals surface area contributed by atoms with Crippen LogP contribution in [0.4, 0.5) is 10.6 Å². The maximum Gasteiger partial charge on any atom is 0.404 e. The predicted octanol–water partition coefficient (Wildman–Crippen LogP) is -8.27. The van der Waals surface area contributed by atoms with Crippen LogP contribution >= 0.6 is 22.7 Å². The Hall–Kier alpha value is -7.77. The van der Waals surface area contributed by atoms with E-state index in [9.17, 15) is 74.4 Å². The van der Waals surface area contributed by atoms with Crippen LogP contribution in [0.1, 0.15) is 108 Å². The Kier molecular flexibility index (Phi) is 33.6. The molecule has 6 heterocycles. The number of hydrogen-bond acceptors (Lipinski definition) is 34. The number of amides is 8. The molecular formula is C60H96N20O21S2. The van der Waals surface area contributed by atoms with Crippen molar-refractivity contribution in [2.24, 2.45) is 34.6 Å². The highest BCUT2D eigenvalue weighted by molar-refractivity contribution is 7.14. The second kappa shape index (κ2) is 41.1. The molecule has 41 nitrogen and oxygen atoms in total. The first-order chi connectivity index (χ1) is 49.0. The molecule has 0 aliphatic carbocycles. The Morgan fingerprint density at radius 3 is 2.02 bits per heavy atom. The lowest BCUT2D eigenvalue weighted by molar-refractivity contribution is -0.372. The van der Waals surface area contributed by atoms with Gasteiger partial charge in [0.15, 0.2) is 18.7 Å². The number of primary amides is 3. The van der Waals surface area contributed by atoms with E-state index >= 15 is 4.79 Å². The van der Waals surface area contributed by atoms with Gasteiger partial charge < -0.3 is 146 Å². The summed E-state index contributed by atoms with van der Waals surface area (Å²) in [4.78, 5) is 131. The molecule has 43 heteroatoms. The van der Waals surface area contributed by atoms with E-state index in [4.69, 9.17) is 58.1 Å². The van der Waals surface area contributed by atoms with Gasteiger partial charge >= 0.3 is 6.09 Å². The number of anilines is 1. The summed E-state index contributed by atoms with van der Waals surface area (Å²) in [6, 6.07) is -7.87. The average molecular weight is 1500 g/mol. The van der Waals surface area contributed by atoms with Crippen LogP contribution in [-0.2, 0) is 54.1 Å². The number of carbonyl (C=O) groups excluding carboxylic acids is 8. The number of hydrogen-bond donors (Lipinski definition) is 23. The van der Waals surface area contributed by atoms with E-state index in [0.717, 1.165) is 64.4 Å². The summed E-state index contributed by atoms with van der Waals surface area (Å²) in [5, 5.41) is 115. The molecule has 0 aromatic carbocycles. The monoisotopic (exact) mass is 1500 g/mol. The van der Waals surface area contributed by atoms with Crippen LogP contribution in [0.3, 0.4) is 0 Å². The number of imidazole rings is 1. The maximum absolute atomic E-state index is 15.2. The van der Waals surface area contributed by atoms with Crippen molar-refractivity contribution in [2.75, 3.05) is 71.3 Å².